The van der Waals surface area contributed by atoms with E-state index < -0.39 is 5.97 Å². The lowest BCUT2D eigenvalue weighted by molar-refractivity contribution is -0.137. The maximum Gasteiger partial charge on any atom is 0.303 e. The Kier molecular flexibility index (Phi) is 5.44. The Balaban J connectivity index is 2.14. The first-order valence-corrected chi connectivity index (χ1v) is 6.76. The lowest BCUT2D eigenvalue weighted by Gasteiger charge is -2.39. The number of rotatable bonds is 6. The van der Waals surface area contributed by atoms with Gasteiger partial charge in [0.15, 0.2) is 0 Å². The molecule has 3 heteroatoms. The molecule has 1 rings (SSSR count). The van der Waals surface area contributed by atoms with E-state index in [9.17, 15) is 4.79 Å². The zero-order valence-corrected chi connectivity index (χ0v) is 11.4. The lowest BCUT2D eigenvalue weighted by Crippen LogP contribution is -2.38. The van der Waals surface area contributed by atoms with Crippen LogP contribution < -0.4 is 0 Å². The van der Waals surface area contributed by atoms with E-state index in [0.717, 1.165) is 38.2 Å². The smallest absolute Gasteiger partial charge is 0.303 e. The van der Waals surface area contributed by atoms with Crippen molar-refractivity contribution in [2.45, 2.75) is 64.9 Å². The van der Waals surface area contributed by atoms with Crippen molar-refractivity contribution in [2.24, 2.45) is 11.8 Å². The molecular formula is C14H26O3. The summed E-state index contributed by atoms with van der Waals surface area (Å²) in [5.74, 6) is 0.701. The van der Waals surface area contributed by atoms with Crippen molar-refractivity contribution in [1.29, 1.82) is 0 Å². The van der Waals surface area contributed by atoms with Gasteiger partial charge < -0.3 is 9.84 Å². The highest BCUT2D eigenvalue weighted by molar-refractivity contribution is 5.66. The molecule has 3 nitrogen and oxygen atoms in total. The monoisotopic (exact) mass is 242 g/mol. The number of carboxylic acids is 1. The highest BCUT2D eigenvalue weighted by Gasteiger charge is 2.32. The molecule has 0 aromatic carbocycles. The first-order chi connectivity index (χ1) is 7.91. The molecule has 1 saturated heterocycles. The van der Waals surface area contributed by atoms with Crippen molar-refractivity contribution >= 4 is 5.97 Å². The number of unbranched alkanes of at least 4 members (excludes halogenated alkanes) is 2. The zero-order chi connectivity index (χ0) is 12.9. The minimum Gasteiger partial charge on any atom is -0.481 e. The van der Waals surface area contributed by atoms with E-state index in [-0.39, 0.29) is 5.60 Å². The topological polar surface area (TPSA) is 46.5 Å². The van der Waals surface area contributed by atoms with Crippen molar-refractivity contribution in [2.75, 3.05) is 6.61 Å². The van der Waals surface area contributed by atoms with Gasteiger partial charge in [0.25, 0.3) is 0 Å². The number of hydrogen-bond acceptors (Lipinski definition) is 2. The van der Waals surface area contributed by atoms with Crippen LogP contribution in [0.15, 0.2) is 0 Å². The summed E-state index contributed by atoms with van der Waals surface area (Å²) in [7, 11) is 0. The highest BCUT2D eigenvalue weighted by atomic mass is 16.5. The summed E-state index contributed by atoms with van der Waals surface area (Å²) in [6.07, 6.45) is 5.58. The summed E-state index contributed by atoms with van der Waals surface area (Å²) < 4.78 is 5.85. The number of carboxylic acid groups (broad SMARTS) is 1. The molecule has 0 aromatic rings. The normalized spacial score (nSPS) is 27.9. The third-order valence-electron chi connectivity index (χ3n) is 3.77. The standard InChI is InChI=1S/C14H26O3/c1-11-9-14(2,3)17-10-12(11)7-5-4-6-8-13(15)16/h11-12H,4-10H2,1-3H3,(H,15,16)/t11?,12-/m1/s1. The van der Waals surface area contributed by atoms with Crippen molar-refractivity contribution < 1.29 is 14.6 Å². The first-order valence-electron chi connectivity index (χ1n) is 6.76. The number of carbonyl (C=O) groups is 1. The molecule has 1 fully saturated rings. The van der Waals surface area contributed by atoms with Crippen LogP contribution in [0.1, 0.15) is 59.3 Å². The fourth-order valence-electron chi connectivity index (χ4n) is 2.73. The van der Waals surface area contributed by atoms with E-state index in [4.69, 9.17) is 9.84 Å². The average molecular weight is 242 g/mol. The fourth-order valence-corrected chi connectivity index (χ4v) is 2.73. The maximum atomic E-state index is 10.4. The van der Waals surface area contributed by atoms with Crippen LogP contribution in [0.4, 0.5) is 0 Å². The van der Waals surface area contributed by atoms with Gasteiger partial charge in [0.05, 0.1) is 12.2 Å². The van der Waals surface area contributed by atoms with Crippen LogP contribution in [-0.2, 0) is 9.53 Å². The molecule has 0 aromatic heterocycles. The number of aliphatic carboxylic acids is 1. The van der Waals surface area contributed by atoms with Gasteiger partial charge in [0, 0.05) is 6.42 Å². The Morgan fingerprint density at radius 3 is 2.65 bits per heavy atom. The molecule has 0 saturated carbocycles. The molecule has 1 heterocycles. The van der Waals surface area contributed by atoms with Crippen LogP contribution in [0.5, 0.6) is 0 Å². The van der Waals surface area contributed by atoms with Gasteiger partial charge >= 0.3 is 5.97 Å². The molecule has 100 valence electrons. The van der Waals surface area contributed by atoms with Gasteiger partial charge in [0.1, 0.15) is 0 Å². The molecule has 0 amide bonds. The van der Waals surface area contributed by atoms with Gasteiger partial charge in [-0.25, -0.2) is 0 Å². The first kappa shape index (κ1) is 14.5. The predicted octanol–water partition coefficient (Wildman–Crippen LogP) is 3.47. The van der Waals surface area contributed by atoms with Gasteiger partial charge in [-0.3, -0.25) is 4.79 Å². The molecule has 1 N–H and O–H groups in total. The largest absolute Gasteiger partial charge is 0.481 e. The van der Waals surface area contributed by atoms with Crippen LogP contribution in [0, 0.1) is 11.8 Å². The molecule has 0 spiro atoms. The minimum absolute atomic E-state index is 0.0409. The van der Waals surface area contributed by atoms with Crippen molar-refractivity contribution in [3.8, 4) is 0 Å². The van der Waals surface area contributed by atoms with Gasteiger partial charge in [-0.1, -0.05) is 19.8 Å². The molecule has 2 atom stereocenters. The molecule has 0 aliphatic carbocycles. The average Bonchev–Trinajstić information content (AvgIpc) is 2.19. The van der Waals surface area contributed by atoms with Crippen LogP contribution in [0.2, 0.25) is 0 Å². The van der Waals surface area contributed by atoms with Crippen LogP contribution in [0.25, 0.3) is 0 Å². The SMILES string of the molecule is CC1CC(C)(C)OC[C@H]1CCCCCC(=O)O. The summed E-state index contributed by atoms with van der Waals surface area (Å²) in [5, 5.41) is 8.54. The molecule has 1 aliphatic rings. The van der Waals surface area contributed by atoms with Gasteiger partial charge in [0.2, 0.25) is 0 Å². The Bertz CT molecular complexity index is 248. The third-order valence-corrected chi connectivity index (χ3v) is 3.77. The summed E-state index contributed by atoms with van der Waals surface area (Å²) in [6.45, 7) is 7.50. The quantitative estimate of drug-likeness (QED) is 0.725. The van der Waals surface area contributed by atoms with E-state index in [1.165, 1.54) is 6.42 Å². The second kappa shape index (κ2) is 6.39. The summed E-state index contributed by atoms with van der Waals surface area (Å²) in [6, 6.07) is 0. The Morgan fingerprint density at radius 2 is 2.06 bits per heavy atom. The van der Waals surface area contributed by atoms with Gasteiger partial charge in [-0.2, -0.15) is 0 Å². The van der Waals surface area contributed by atoms with Crippen LogP contribution in [-0.4, -0.2) is 23.3 Å². The second-order valence-electron chi connectivity index (χ2n) is 6.01. The van der Waals surface area contributed by atoms with E-state index in [0.29, 0.717) is 12.3 Å². The van der Waals surface area contributed by atoms with Crippen molar-refractivity contribution in [3.63, 3.8) is 0 Å². The Labute approximate surface area is 105 Å². The highest BCUT2D eigenvalue weighted by Crippen LogP contribution is 2.34. The van der Waals surface area contributed by atoms with Crippen molar-refractivity contribution in [1.82, 2.24) is 0 Å². The Hall–Kier alpha value is -0.570. The van der Waals surface area contributed by atoms with E-state index in [2.05, 4.69) is 20.8 Å². The van der Waals surface area contributed by atoms with E-state index >= 15 is 0 Å². The van der Waals surface area contributed by atoms with E-state index in [1.54, 1.807) is 0 Å². The van der Waals surface area contributed by atoms with Gasteiger partial charge in [-0.15, -0.1) is 0 Å². The maximum absolute atomic E-state index is 10.4. The van der Waals surface area contributed by atoms with E-state index in [1.807, 2.05) is 0 Å². The number of ether oxygens (including phenoxy) is 1. The fraction of sp³-hybridized carbons (Fsp3) is 0.929. The van der Waals surface area contributed by atoms with Crippen LogP contribution in [0.3, 0.4) is 0 Å². The molecule has 1 aliphatic heterocycles. The lowest BCUT2D eigenvalue weighted by atomic mass is 9.80. The molecule has 0 radical (unpaired) electrons. The predicted molar refractivity (Wildman–Crippen MR) is 68.0 cm³/mol. The van der Waals surface area contributed by atoms with Gasteiger partial charge in [-0.05, 0) is 44.9 Å². The van der Waals surface area contributed by atoms with Crippen molar-refractivity contribution in [3.05, 3.63) is 0 Å². The minimum atomic E-state index is -0.680. The summed E-state index contributed by atoms with van der Waals surface area (Å²) in [4.78, 5) is 10.4. The second-order valence-corrected chi connectivity index (χ2v) is 6.01. The summed E-state index contributed by atoms with van der Waals surface area (Å²) >= 11 is 0. The number of hydrogen-bond donors (Lipinski definition) is 1. The third kappa shape index (κ3) is 5.53. The van der Waals surface area contributed by atoms with Crippen LogP contribution >= 0.6 is 0 Å². The molecular weight excluding hydrogens is 216 g/mol. The molecule has 17 heavy (non-hydrogen) atoms. The molecule has 0 bridgehead atoms. The Morgan fingerprint density at radius 1 is 1.35 bits per heavy atom. The summed E-state index contributed by atoms with van der Waals surface area (Å²) in [5.41, 5.74) is 0.0409. The molecule has 1 unspecified atom stereocenters. The zero-order valence-electron chi connectivity index (χ0n) is 11.4.